The summed E-state index contributed by atoms with van der Waals surface area (Å²) < 4.78 is 65.0. The first-order valence-corrected chi connectivity index (χ1v) is 8.77. The number of aryl methyl sites for hydroxylation is 1. The van der Waals surface area contributed by atoms with E-state index in [0.29, 0.717) is 6.07 Å². The molecule has 3 rings (SSSR count). The Morgan fingerprint density at radius 1 is 1.29 bits per heavy atom. The SMILES string of the molecule is Cn1nnc2c(C(=O)Nc3cccc(S(N)(=O)=O)c3C(F)(F)F)ncn2c1=O. The third-order valence-electron chi connectivity index (χ3n) is 3.58. The maximum absolute atomic E-state index is 13.4. The first-order chi connectivity index (χ1) is 12.9. The minimum Gasteiger partial charge on any atom is -0.320 e. The highest BCUT2D eigenvalue weighted by Crippen LogP contribution is 2.39. The lowest BCUT2D eigenvalue weighted by molar-refractivity contribution is -0.139. The number of nitrogens with zero attached hydrogens (tertiary/aromatic N) is 5. The summed E-state index contributed by atoms with van der Waals surface area (Å²) in [5.41, 5.74) is -3.97. The maximum Gasteiger partial charge on any atom is 0.419 e. The molecule has 0 saturated carbocycles. The zero-order valence-electron chi connectivity index (χ0n) is 13.8. The Labute approximate surface area is 153 Å². The highest BCUT2D eigenvalue weighted by Gasteiger charge is 2.39. The van der Waals surface area contributed by atoms with Crippen molar-refractivity contribution in [3.63, 3.8) is 0 Å². The average Bonchev–Trinajstić information content (AvgIpc) is 3.01. The van der Waals surface area contributed by atoms with Crippen LogP contribution in [0.2, 0.25) is 0 Å². The van der Waals surface area contributed by atoms with E-state index in [9.17, 15) is 31.2 Å². The van der Waals surface area contributed by atoms with Crippen LogP contribution < -0.4 is 16.1 Å². The van der Waals surface area contributed by atoms with Gasteiger partial charge in [0, 0.05) is 7.05 Å². The molecule has 0 saturated heterocycles. The molecule has 148 valence electrons. The van der Waals surface area contributed by atoms with E-state index in [0.717, 1.165) is 27.5 Å². The summed E-state index contributed by atoms with van der Waals surface area (Å²) in [5.74, 6) is -1.16. The van der Waals surface area contributed by atoms with Crippen molar-refractivity contribution in [1.29, 1.82) is 0 Å². The number of aromatic nitrogens is 5. The number of hydrogen-bond acceptors (Lipinski definition) is 7. The number of rotatable bonds is 3. The van der Waals surface area contributed by atoms with Crippen LogP contribution in [0.5, 0.6) is 0 Å². The van der Waals surface area contributed by atoms with Gasteiger partial charge in [-0.05, 0) is 12.1 Å². The van der Waals surface area contributed by atoms with Crippen LogP contribution in [-0.2, 0) is 23.2 Å². The smallest absolute Gasteiger partial charge is 0.320 e. The van der Waals surface area contributed by atoms with E-state index in [1.807, 2.05) is 5.32 Å². The van der Waals surface area contributed by atoms with Crippen molar-refractivity contribution in [1.82, 2.24) is 24.4 Å². The van der Waals surface area contributed by atoms with Crippen LogP contribution >= 0.6 is 0 Å². The van der Waals surface area contributed by atoms with E-state index in [1.165, 1.54) is 7.05 Å². The molecule has 28 heavy (non-hydrogen) atoms. The third kappa shape index (κ3) is 3.31. The number of sulfonamides is 1. The number of amides is 1. The van der Waals surface area contributed by atoms with Crippen molar-refractivity contribution in [2.45, 2.75) is 11.1 Å². The van der Waals surface area contributed by atoms with Crippen molar-refractivity contribution >= 4 is 27.3 Å². The normalized spacial score (nSPS) is 12.3. The Balaban J connectivity index is 2.12. The second-order valence-corrected chi connectivity index (χ2v) is 6.99. The molecule has 2 heterocycles. The fourth-order valence-corrected chi connectivity index (χ4v) is 3.17. The predicted molar refractivity (Wildman–Crippen MR) is 86.8 cm³/mol. The lowest BCUT2D eigenvalue weighted by atomic mass is 10.1. The maximum atomic E-state index is 13.4. The number of nitrogens with one attached hydrogen (secondary N) is 1. The van der Waals surface area contributed by atoms with Crippen LogP contribution in [0.25, 0.3) is 5.65 Å². The number of hydrogen-bond donors (Lipinski definition) is 2. The van der Waals surface area contributed by atoms with E-state index >= 15 is 0 Å². The largest absolute Gasteiger partial charge is 0.419 e. The molecule has 1 amide bonds. The summed E-state index contributed by atoms with van der Waals surface area (Å²) in [6.07, 6.45) is -4.19. The quantitative estimate of drug-likeness (QED) is 0.595. The molecular formula is C13H10F3N7O4S. The first kappa shape index (κ1) is 19.4. The highest BCUT2D eigenvalue weighted by atomic mass is 32.2. The highest BCUT2D eigenvalue weighted by molar-refractivity contribution is 7.89. The number of benzene rings is 1. The molecule has 0 fully saturated rings. The Morgan fingerprint density at radius 2 is 1.96 bits per heavy atom. The monoisotopic (exact) mass is 417 g/mol. The molecule has 0 atom stereocenters. The van der Waals surface area contributed by atoms with Gasteiger partial charge in [0.1, 0.15) is 6.33 Å². The summed E-state index contributed by atoms with van der Waals surface area (Å²) in [6, 6.07) is 2.48. The number of carbonyl (C=O) groups is 1. The second kappa shape index (κ2) is 6.38. The fraction of sp³-hybridized carbons (Fsp3) is 0.154. The van der Waals surface area contributed by atoms with Crippen molar-refractivity contribution in [2.75, 3.05) is 5.32 Å². The number of carbonyl (C=O) groups excluding carboxylic acids is 1. The summed E-state index contributed by atoms with van der Waals surface area (Å²) in [4.78, 5) is 26.8. The van der Waals surface area contributed by atoms with Crippen LogP contribution in [0.1, 0.15) is 16.1 Å². The van der Waals surface area contributed by atoms with Crippen molar-refractivity contribution < 1.29 is 26.4 Å². The van der Waals surface area contributed by atoms with Gasteiger partial charge in [-0.2, -0.15) is 17.9 Å². The molecule has 2 aromatic heterocycles. The van der Waals surface area contributed by atoms with E-state index in [4.69, 9.17) is 5.14 Å². The summed E-state index contributed by atoms with van der Waals surface area (Å²) in [7, 11) is -3.44. The molecule has 0 unspecified atom stereocenters. The molecule has 0 bridgehead atoms. The van der Waals surface area contributed by atoms with E-state index in [1.54, 1.807) is 0 Å². The van der Waals surface area contributed by atoms with Gasteiger partial charge in [-0.25, -0.2) is 27.7 Å². The van der Waals surface area contributed by atoms with Gasteiger partial charge in [-0.15, -0.1) is 5.10 Å². The van der Waals surface area contributed by atoms with E-state index in [-0.39, 0.29) is 5.65 Å². The van der Waals surface area contributed by atoms with Gasteiger partial charge >= 0.3 is 11.9 Å². The minimum absolute atomic E-state index is 0.295. The lowest BCUT2D eigenvalue weighted by Crippen LogP contribution is -2.27. The zero-order valence-corrected chi connectivity index (χ0v) is 14.6. The molecule has 1 aromatic carbocycles. The van der Waals surface area contributed by atoms with Crippen LogP contribution in [0, 0.1) is 0 Å². The lowest BCUT2D eigenvalue weighted by Gasteiger charge is -2.16. The Kier molecular flexibility index (Phi) is 4.43. The van der Waals surface area contributed by atoms with Crippen molar-refractivity contribution in [3.05, 3.63) is 46.3 Å². The summed E-state index contributed by atoms with van der Waals surface area (Å²) in [5, 5.41) is 13.8. The van der Waals surface area contributed by atoms with Gasteiger partial charge in [0.2, 0.25) is 10.0 Å². The molecule has 15 heteroatoms. The molecule has 0 aliphatic rings. The first-order valence-electron chi connectivity index (χ1n) is 7.22. The Bertz CT molecular complexity index is 1260. The zero-order chi connectivity index (χ0) is 20.9. The number of halogens is 3. The molecule has 0 spiro atoms. The van der Waals surface area contributed by atoms with Crippen molar-refractivity contribution in [3.8, 4) is 0 Å². The van der Waals surface area contributed by atoms with Gasteiger partial charge in [0.25, 0.3) is 5.91 Å². The predicted octanol–water partition coefficient (Wildman–Crippen LogP) is -0.258. The van der Waals surface area contributed by atoms with Gasteiger partial charge in [-0.1, -0.05) is 11.3 Å². The minimum atomic E-state index is -5.14. The number of fused-ring (bicyclic) bond motifs is 1. The average molecular weight is 417 g/mol. The number of anilines is 1. The van der Waals surface area contributed by atoms with Gasteiger partial charge in [0.15, 0.2) is 11.3 Å². The Hall–Kier alpha value is -3.33. The number of nitrogens with two attached hydrogens (primary N) is 1. The van der Waals surface area contributed by atoms with Gasteiger partial charge < -0.3 is 5.32 Å². The fourth-order valence-electron chi connectivity index (χ4n) is 2.39. The molecule has 0 radical (unpaired) electrons. The van der Waals surface area contributed by atoms with E-state index in [2.05, 4.69) is 15.3 Å². The van der Waals surface area contributed by atoms with Crippen LogP contribution in [0.15, 0.2) is 34.2 Å². The van der Waals surface area contributed by atoms with Crippen molar-refractivity contribution in [2.24, 2.45) is 12.2 Å². The van der Waals surface area contributed by atoms with Gasteiger partial charge in [0.05, 0.1) is 16.1 Å². The Morgan fingerprint density at radius 3 is 2.57 bits per heavy atom. The summed E-state index contributed by atoms with van der Waals surface area (Å²) in [6.45, 7) is 0. The second-order valence-electron chi connectivity index (χ2n) is 5.46. The number of primary sulfonamides is 1. The number of alkyl halides is 3. The molecular weight excluding hydrogens is 407 g/mol. The molecule has 3 aromatic rings. The molecule has 11 nitrogen and oxygen atoms in total. The number of imidazole rings is 1. The topological polar surface area (TPSA) is 154 Å². The van der Waals surface area contributed by atoms with Gasteiger partial charge in [-0.3, -0.25) is 4.79 Å². The third-order valence-corrected chi connectivity index (χ3v) is 4.53. The molecule has 0 aliphatic heterocycles. The van der Waals surface area contributed by atoms with Crippen LogP contribution in [0.3, 0.4) is 0 Å². The van der Waals surface area contributed by atoms with Crippen LogP contribution in [0.4, 0.5) is 18.9 Å². The standard InChI is InChI=1S/C13H10F3N7O4S/c1-22-12(25)23-5-18-9(10(23)20-21-22)11(24)19-6-3-2-4-7(28(17,26)27)8(6)13(14,15)16/h2-5H,1H3,(H,19,24)(H2,17,26,27). The van der Waals surface area contributed by atoms with Crippen LogP contribution in [-0.4, -0.2) is 38.7 Å². The molecule has 3 N–H and O–H groups in total. The van der Waals surface area contributed by atoms with E-state index < -0.39 is 49.6 Å². The molecule has 0 aliphatic carbocycles. The summed E-state index contributed by atoms with van der Waals surface area (Å²) >= 11 is 0.